The van der Waals surface area contributed by atoms with Crippen LogP contribution in [0.25, 0.3) is 11.0 Å². The zero-order valence-electron chi connectivity index (χ0n) is 12.0. The zero-order valence-corrected chi connectivity index (χ0v) is 12.0. The average molecular weight is 301 g/mol. The summed E-state index contributed by atoms with van der Waals surface area (Å²) in [6, 6.07) is 7.65. The molecule has 1 amide bonds. The molecule has 2 N–H and O–H groups in total. The van der Waals surface area contributed by atoms with Crippen LogP contribution < -0.4 is 10.1 Å². The number of imidazole rings is 1. The largest absolute Gasteiger partial charge is 0.472 e. The fourth-order valence-corrected chi connectivity index (χ4v) is 2.00. The number of benzene rings is 1. The van der Waals surface area contributed by atoms with Crippen LogP contribution in [0, 0.1) is 6.92 Å². The third kappa shape index (κ3) is 3.22. The Morgan fingerprint density at radius 1 is 1.36 bits per heavy atom. The van der Waals surface area contributed by atoms with E-state index in [1.807, 2.05) is 24.3 Å². The number of hydrogen-bond acceptors (Lipinski definition) is 6. The van der Waals surface area contributed by atoms with Gasteiger partial charge in [0.2, 0.25) is 5.91 Å². The molecule has 0 radical (unpaired) electrons. The summed E-state index contributed by atoms with van der Waals surface area (Å²) in [5.41, 5.74) is 2.35. The third-order valence-corrected chi connectivity index (χ3v) is 3.04. The molecular weight excluding hydrogens is 286 g/mol. The quantitative estimate of drug-likeness (QED) is 0.658. The second-order valence-corrected chi connectivity index (χ2v) is 4.73. The molecule has 0 aliphatic heterocycles. The lowest BCUT2D eigenvalue weighted by Crippen LogP contribution is -2.29. The molecule has 114 valence electrons. The lowest BCUT2D eigenvalue weighted by atomic mass is 10.3. The SMILES string of the molecule is Cc1nonc1OCCNC(=O)Cc1nc2ccccc2[nH]1. The van der Waals surface area contributed by atoms with Gasteiger partial charge >= 0.3 is 0 Å². The van der Waals surface area contributed by atoms with Crippen molar-refractivity contribution in [2.24, 2.45) is 0 Å². The van der Waals surface area contributed by atoms with E-state index in [1.165, 1.54) is 0 Å². The van der Waals surface area contributed by atoms with Crippen LogP contribution in [0.1, 0.15) is 11.5 Å². The molecule has 3 rings (SSSR count). The van der Waals surface area contributed by atoms with E-state index < -0.39 is 0 Å². The number of aromatic nitrogens is 4. The molecule has 8 nitrogen and oxygen atoms in total. The Kier molecular flexibility index (Phi) is 3.99. The van der Waals surface area contributed by atoms with Crippen molar-refractivity contribution in [3.8, 4) is 5.88 Å². The summed E-state index contributed by atoms with van der Waals surface area (Å²) in [5, 5.41) is 9.94. The third-order valence-electron chi connectivity index (χ3n) is 3.04. The lowest BCUT2D eigenvalue weighted by Gasteiger charge is -2.04. The van der Waals surface area contributed by atoms with Gasteiger partial charge in [-0.05, 0) is 24.2 Å². The summed E-state index contributed by atoms with van der Waals surface area (Å²) in [6.07, 6.45) is 0.194. The first kappa shape index (κ1) is 14.1. The Morgan fingerprint density at radius 3 is 3.00 bits per heavy atom. The summed E-state index contributed by atoms with van der Waals surface area (Å²) >= 11 is 0. The monoisotopic (exact) mass is 301 g/mol. The van der Waals surface area contributed by atoms with Crippen LogP contribution >= 0.6 is 0 Å². The number of nitrogens with zero attached hydrogens (tertiary/aromatic N) is 3. The first-order valence-corrected chi connectivity index (χ1v) is 6.84. The molecule has 22 heavy (non-hydrogen) atoms. The summed E-state index contributed by atoms with van der Waals surface area (Å²) in [7, 11) is 0. The first-order chi connectivity index (χ1) is 10.7. The molecule has 3 aromatic rings. The van der Waals surface area contributed by atoms with Gasteiger partial charge < -0.3 is 15.0 Å². The maximum Gasteiger partial charge on any atom is 0.278 e. The van der Waals surface area contributed by atoms with Crippen molar-refractivity contribution in [1.29, 1.82) is 0 Å². The van der Waals surface area contributed by atoms with Crippen molar-refractivity contribution >= 4 is 16.9 Å². The topological polar surface area (TPSA) is 106 Å². The number of ether oxygens (including phenoxy) is 1. The number of carbonyl (C=O) groups excluding carboxylic acids is 1. The molecule has 0 unspecified atom stereocenters. The van der Waals surface area contributed by atoms with Crippen LogP contribution in [0.3, 0.4) is 0 Å². The highest BCUT2D eigenvalue weighted by Gasteiger charge is 2.09. The van der Waals surface area contributed by atoms with E-state index in [1.54, 1.807) is 6.92 Å². The van der Waals surface area contributed by atoms with Gasteiger partial charge in [-0.2, -0.15) is 0 Å². The number of amides is 1. The van der Waals surface area contributed by atoms with E-state index in [-0.39, 0.29) is 12.3 Å². The lowest BCUT2D eigenvalue weighted by molar-refractivity contribution is -0.120. The predicted octanol–water partition coefficient (Wildman–Crippen LogP) is 0.992. The molecule has 0 saturated heterocycles. The molecule has 0 saturated carbocycles. The first-order valence-electron chi connectivity index (χ1n) is 6.84. The Bertz CT molecular complexity index is 746. The number of carbonyl (C=O) groups is 1. The number of para-hydroxylation sites is 2. The van der Waals surface area contributed by atoms with E-state index in [0.29, 0.717) is 30.5 Å². The van der Waals surface area contributed by atoms with Crippen molar-refractivity contribution < 1.29 is 14.2 Å². The van der Waals surface area contributed by atoms with Gasteiger partial charge in [0.25, 0.3) is 5.88 Å². The summed E-state index contributed by atoms with van der Waals surface area (Å²) in [5.74, 6) is 0.848. The highest BCUT2D eigenvalue weighted by molar-refractivity contribution is 5.80. The van der Waals surface area contributed by atoms with Crippen LogP contribution in [0.5, 0.6) is 5.88 Å². The molecule has 0 aliphatic rings. The smallest absolute Gasteiger partial charge is 0.278 e. The molecule has 8 heteroatoms. The number of fused-ring (bicyclic) bond motifs is 1. The Labute approximate surface area is 125 Å². The molecule has 0 bridgehead atoms. The molecule has 0 aliphatic carbocycles. The maximum atomic E-state index is 11.8. The van der Waals surface area contributed by atoms with Gasteiger partial charge in [0, 0.05) is 0 Å². The van der Waals surface area contributed by atoms with Gasteiger partial charge in [-0.1, -0.05) is 17.3 Å². The standard InChI is InChI=1S/C14H15N5O3/c1-9-14(19-22-18-9)21-7-6-15-13(20)8-12-16-10-4-2-3-5-11(10)17-12/h2-5H,6-8H2,1H3,(H,15,20)(H,16,17). The van der Waals surface area contributed by atoms with E-state index in [2.05, 4.69) is 30.2 Å². The van der Waals surface area contributed by atoms with Gasteiger partial charge in [-0.25, -0.2) is 9.61 Å². The molecule has 1 aromatic carbocycles. The zero-order chi connectivity index (χ0) is 15.4. The molecule has 2 aromatic heterocycles. The van der Waals surface area contributed by atoms with E-state index in [0.717, 1.165) is 11.0 Å². The predicted molar refractivity (Wildman–Crippen MR) is 77.3 cm³/mol. The van der Waals surface area contributed by atoms with E-state index in [9.17, 15) is 4.79 Å². The Hall–Kier alpha value is -2.90. The van der Waals surface area contributed by atoms with Gasteiger partial charge in [0.15, 0.2) is 0 Å². The number of aryl methyl sites for hydroxylation is 1. The number of aromatic amines is 1. The highest BCUT2D eigenvalue weighted by atomic mass is 16.6. The van der Waals surface area contributed by atoms with Gasteiger partial charge in [-0.15, -0.1) is 0 Å². The summed E-state index contributed by atoms with van der Waals surface area (Å²) in [4.78, 5) is 19.3. The second kappa shape index (κ2) is 6.25. The molecular formula is C14H15N5O3. The van der Waals surface area contributed by atoms with Crippen LogP contribution in [0.2, 0.25) is 0 Å². The van der Waals surface area contributed by atoms with Crippen molar-refractivity contribution in [1.82, 2.24) is 25.6 Å². The van der Waals surface area contributed by atoms with Crippen LogP contribution in [-0.2, 0) is 11.2 Å². The highest BCUT2D eigenvalue weighted by Crippen LogP contribution is 2.11. The fourth-order valence-electron chi connectivity index (χ4n) is 2.00. The van der Waals surface area contributed by atoms with Gasteiger partial charge in [0.05, 0.1) is 24.0 Å². The minimum Gasteiger partial charge on any atom is -0.472 e. The normalized spacial score (nSPS) is 10.8. The van der Waals surface area contributed by atoms with Crippen molar-refractivity contribution in [3.05, 3.63) is 35.8 Å². The van der Waals surface area contributed by atoms with Crippen molar-refractivity contribution in [2.75, 3.05) is 13.2 Å². The van der Waals surface area contributed by atoms with Crippen LogP contribution in [0.4, 0.5) is 0 Å². The minimum atomic E-state index is -0.127. The maximum absolute atomic E-state index is 11.8. The van der Waals surface area contributed by atoms with E-state index >= 15 is 0 Å². The minimum absolute atomic E-state index is 0.127. The number of nitrogens with one attached hydrogen (secondary N) is 2. The molecule has 0 spiro atoms. The summed E-state index contributed by atoms with van der Waals surface area (Å²) < 4.78 is 9.83. The van der Waals surface area contributed by atoms with Crippen molar-refractivity contribution in [3.63, 3.8) is 0 Å². The Balaban J connectivity index is 1.45. The molecule has 0 atom stereocenters. The second-order valence-electron chi connectivity index (χ2n) is 4.73. The fraction of sp³-hybridized carbons (Fsp3) is 0.286. The molecule has 2 heterocycles. The number of H-pyrrole nitrogens is 1. The number of rotatable bonds is 6. The number of hydrogen-bond donors (Lipinski definition) is 2. The molecule has 0 fully saturated rings. The van der Waals surface area contributed by atoms with Gasteiger partial charge in [0.1, 0.15) is 18.1 Å². The van der Waals surface area contributed by atoms with Crippen molar-refractivity contribution in [2.45, 2.75) is 13.3 Å². The Morgan fingerprint density at radius 2 is 2.23 bits per heavy atom. The summed E-state index contributed by atoms with van der Waals surface area (Å²) in [6.45, 7) is 2.39. The van der Waals surface area contributed by atoms with Gasteiger partial charge in [-0.3, -0.25) is 4.79 Å². The average Bonchev–Trinajstić information content (AvgIpc) is 3.09. The van der Waals surface area contributed by atoms with Crippen LogP contribution in [-0.4, -0.2) is 39.3 Å². The van der Waals surface area contributed by atoms with E-state index in [4.69, 9.17) is 4.74 Å². The van der Waals surface area contributed by atoms with Crippen LogP contribution in [0.15, 0.2) is 28.9 Å².